The van der Waals surface area contributed by atoms with Gasteiger partial charge >= 0.3 is 5.97 Å². The molecule has 0 aliphatic rings. The summed E-state index contributed by atoms with van der Waals surface area (Å²) in [5, 5.41) is 20.9. The third kappa shape index (κ3) is 4.18. The van der Waals surface area contributed by atoms with Crippen molar-refractivity contribution in [1.82, 2.24) is 0 Å². The van der Waals surface area contributed by atoms with Crippen molar-refractivity contribution >= 4 is 34.4 Å². The fraction of sp³-hybridized carbons (Fsp3) is 0.0417. The van der Waals surface area contributed by atoms with Gasteiger partial charge in [0, 0.05) is 21.4 Å². The Morgan fingerprint density at radius 1 is 0.900 bits per heavy atom. The summed E-state index contributed by atoms with van der Waals surface area (Å²) in [6, 6.07) is 24.0. The quantitative estimate of drug-likeness (QED) is 0.312. The van der Waals surface area contributed by atoms with E-state index in [1.54, 1.807) is 12.1 Å². The summed E-state index contributed by atoms with van der Waals surface area (Å²) in [5.41, 5.74) is 1.89. The van der Waals surface area contributed by atoms with Gasteiger partial charge in [-0.05, 0) is 61.3 Å². The van der Waals surface area contributed by atoms with Gasteiger partial charge in [0.05, 0.1) is 0 Å². The van der Waals surface area contributed by atoms with E-state index in [0.717, 1.165) is 22.6 Å². The van der Waals surface area contributed by atoms with E-state index < -0.39 is 5.97 Å². The predicted octanol–water partition coefficient (Wildman–Crippen LogP) is 6.46. The van der Waals surface area contributed by atoms with Crippen LogP contribution in [0.3, 0.4) is 0 Å². The zero-order valence-corrected chi connectivity index (χ0v) is 16.9. The molecule has 0 aliphatic carbocycles. The lowest BCUT2D eigenvalue weighted by molar-refractivity contribution is 0.0693. The second-order valence-corrected chi connectivity index (χ2v) is 7.61. The van der Waals surface area contributed by atoms with Crippen molar-refractivity contribution in [2.75, 3.05) is 4.72 Å². The topological polar surface area (TPSA) is 78.8 Å². The van der Waals surface area contributed by atoms with E-state index in [0.29, 0.717) is 10.3 Å². The first-order chi connectivity index (χ1) is 14.5. The van der Waals surface area contributed by atoms with Gasteiger partial charge < -0.3 is 19.7 Å². The molecule has 4 aromatic rings. The first kappa shape index (κ1) is 19.7. The minimum atomic E-state index is -1.17. The second-order valence-electron chi connectivity index (χ2n) is 6.77. The van der Waals surface area contributed by atoms with Crippen LogP contribution in [-0.4, -0.2) is 16.2 Å². The summed E-state index contributed by atoms with van der Waals surface area (Å²) in [6.45, 7) is 2.03. The van der Waals surface area contributed by atoms with Gasteiger partial charge in [-0.25, -0.2) is 4.79 Å². The number of ether oxygens (including phenoxy) is 1. The molecule has 0 atom stereocenters. The largest absolute Gasteiger partial charge is 0.506 e. The van der Waals surface area contributed by atoms with Crippen LogP contribution in [0.25, 0.3) is 10.8 Å². The molecule has 30 heavy (non-hydrogen) atoms. The Morgan fingerprint density at radius 3 is 2.13 bits per heavy atom. The van der Waals surface area contributed by atoms with Gasteiger partial charge in [0.25, 0.3) is 0 Å². The lowest BCUT2D eigenvalue weighted by atomic mass is 10.1. The molecular weight excluding hydrogens is 398 g/mol. The zero-order valence-electron chi connectivity index (χ0n) is 16.1. The van der Waals surface area contributed by atoms with E-state index in [2.05, 4.69) is 4.72 Å². The standard InChI is InChI=1S/C24H19NO4S/c1-15-6-10-17(11-7-15)29-18-12-8-16(9-13-18)25-30-22-14-21(24(27)28)23(26)20-5-3-2-4-19(20)22/h2-14,25-26H,1H3,(H,27,28). The number of fused-ring (bicyclic) bond motifs is 1. The van der Waals surface area contributed by atoms with E-state index in [9.17, 15) is 15.0 Å². The highest BCUT2D eigenvalue weighted by atomic mass is 32.2. The maximum Gasteiger partial charge on any atom is 0.339 e. The molecule has 0 unspecified atom stereocenters. The highest BCUT2D eigenvalue weighted by molar-refractivity contribution is 8.00. The Balaban J connectivity index is 1.52. The van der Waals surface area contributed by atoms with Crippen molar-refractivity contribution in [3.8, 4) is 17.2 Å². The van der Waals surface area contributed by atoms with Gasteiger partial charge in [-0.1, -0.05) is 42.0 Å². The van der Waals surface area contributed by atoms with Gasteiger partial charge in [0.1, 0.15) is 22.8 Å². The van der Waals surface area contributed by atoms with Crippen LogP contribution in [0.4, 0.5) is 5.69 Å². The number of nitrogens with one attached hydrogen (secondary N) is 1. The lowest BCUT2D eigenvalue weighted by Crippen LogP contribution is -1.99. The molecule has 0 saturated heterocycles. The number of anilines is 1. The third-order valence-electron chi connectivity index (χ3n) is 4.60. The molecular formula is C24H19NO4S. The summed E-state index contributed by atoms with van der Waals surface area (Å²) in [4.78, 5) is 12.2. The minimum Gasteiger partial charge on any atom is -0.506 e. The second kappa shape index (κ2) is 8.39. The van der Waals surface area contributed by atoms with Gasteiger partial charge in [0.2, 0.25) is 0 Å². The lowest BCUT2D eigenvalue weighted by Gasteiger charge is -2.12. The fourth-order valence-corrected chi connectivity index (χ4v) is 3.85. The molecule has 4 rings (SSSR count). The van der Waals surface area contributed by atoms with E-state index >= 15 is 0 Å². The van der Waals surface area contributed by atoms with Crippen molar-refractivity contribution in [2.45, 2.75) is 11.8 Å². The summed E-state index contributed by atoms with van der Waals surface area (Å²) < 4.78 is 9.06. The van der Waals surface area contributed by atoms with Crippen LogP contribution < -0.4 is 9.46 Å². The monoisotopic (exact) mass is 417 g/mol. The zero-order chi connectivity index (χ0) is 21.1. The molecule has 0 aromatic heterocycles. The van der Waals surface area contributed by atoms with Crippen molar-refractivity contribution in [3.63, 3.8) is 0 Å². The fourth-order valence-electron chi connectivity index (χ4n) is 3.02. The molecule has 6 heteroatoms. The molecule has 0 aliphatic heterocycles. The van der Waals surface area contributed by atoms with Crippen LogP contribution in [-0.2, 0) is 0 Å². The smallest absolute Gasteiger partial charge is 0.339 e. The average Bonchev–Trinajstić information content (AvgIpc) is 2.76. The van der Waals surface area contributed by atoms with Crippen molar-refractivity contribution in [2.24, 2.45) is 0 Å². The van der Waals surface area contributed by atoms with E-state index in [4.69, 9.17) is 4.74 Å². The maximum absolute atomic E-state index is 11.5. The number of aryl methyl sites for hydroxylation is 1. The number of rotatable bonds is 6. The van der Waals surface area contributed by atoms with Crippen LogP contribution in [0.2, 0.25) is 0 Å². The maximum atomic E-state index is 11.5. The van der Waals surface area contributed by atoms with Gasteiger partial charge in [-0.3, -0.25) is 0 Å². The van der Waals surface area contributed by atoms with E-state index in [1.807, 2.05) is 67.6 Å². The van der Waals surface area contributed by atoms with Crippen molar-refractivity contribution in [3.05, 3.63) is 90.0 Å². The first-order valence-corrected chi connectivity index (χ1v) is 10.1. The Bertz CT molecular complexity index is 1200. The van der Waals surface area contributed by atoms with Crippen molar-refractivity contribution in [1.29, 1.82) is 0 Å². The molecule has 150 valence electrons. The Morgan fingerprint density at radius 2 is 1.50 bits per heavy atom. The molecule has 0 spiro atoms. The number of aromatic carboxylic acids is 1. The van der Waals surface area contributed by atoms with Crippen molar-refractivity contribution < 1.29 is 19.7 Å². The number of benzene rings is 4. The highest BCUT2D eigenvalue weighted by Gasteiger charge is 2.16. The molecule has 0 bridgehead atoms. The number of aromatic hydroxyl groups is 1. The molecule has 0 amide bonds. The van der Waals surface area contributed by atoms with Gasteiger partial charge in [0.15, 0.2) is 0 Å². The van der Waals surface area contributed by atoms with Gasteiger partial charge in [-0.2, -0.15) is 0 Å². The number of carboxylic acid groups (broad SMARTS) is 1. The SMILES string of the molecule is Cc1ccc(Oc2ccc(NSc3cc(C(=O)O)c(O)c4ccccc34)cc2)cc1. The van der Waals surface area contributed by atoms with Gasteiger partial charge in [-0.15, -0.1) is 0 Å². The number of carbonyl (C=O) groups is 1. The molecule has 0 heterocycles. The summed E-state index contributed by atoms with van der Waals surface area (Å²) >= 11 is 1.29. The normalized spacial score (nSPS) is 10.7. The highest BCUT2D eigenvalue weighted by Crippen LogP contribution is 2.37. The third-order valence-corrected chi connectivity index (χ3v) is 5.49. The molecule has 5 nitrogen and oxygen atoms in total. The van der Waals surface area contributed by atoms with Crippen LogP contribution in [0.1, 0.15) is 15.9 Å². The molecule has 3 N–H and O–H groups in total. The molecule has 4 aromatic carbocycles. The number of phenols is 1. The summed E-state index contributed by atoms with van der Waals surface area (Å²) in [5.74, 6) is 0.0999. The molecule has 0 fully saturated rings. The first-order valence-electron chi connectivity index (χ1n) is 9.27. The Labute approximate surface area is 178 Å². The van der Waals surface area contributed by atoms with Crippen LogP contribution >= 0.6 is 11.9 Å². The van der Waals surface area contributed by atoms with Crippen LogP contribution in [0, 0.1) is 6.92 Å². The predicted molar refractivity (Wildman–Crippen MR) is 120 cm³/mol. The number of carboxylic acids is 1. The average molecular weight is 417 g/mol. The number of hydrogen-bond donors (Lipinski definition) is 3. The summed E-state index contributed by atoms with van der Waals surface area (Å²) in [7, 11) is 0. The Hall–Kier alpha value is -3.64. The number of hydrogen-bond acceptors (Lipinski definition) is 5. The Kier molecular flexibility index (Phi) is 5.50. The summed E-state index contributed by atoms with van der Waals surface area (Å²) in [6.07, 6.45) is 0. The van der Waals surface area contributed by atoms with Crippen LogP contribution in [0.15, 0.2) is 83.8 Å². The molecule has 0 saturated carbocycles. The molecule has 0 radical (unpaired) electrons. The van der Waals surface area contributed by atoms with Crippen LogP contribution in [0.5, 0.6) is 17.2 Å². The van der Waals surface area contributed by atoms with E-state index in [-0.39, 0.29) is 11.3 Å². The minimum absolute atomic E-state index is 0.125. The van der Waals surface area contributed by atoms with E-state index in [1.165, 1.54) is 23.6 Å².